The lowest BCUT2D eigenvalue weighted by molar-refractivity contribution is 0.670. The fourth-order valence-corrected chi connectivity index (χ4v) is 5.08. The van der Waals surface area contributed by atoms with Crippen molar-refractivity contribution in [2.75, 3.05) is 0 Å². The summed E-state index contributed by atoms with van der Waals surface area (Å²) in [7, 11) is 0. The molecule has 2 aromatic heterocycles. The number of fused-ring (bicyclic) bond motifs is 6. The monoisotopic (exact) mass is 444 g/mol. The second-order valence-corrected chi connectivity index (χ2v) is 8.73. The van der Waals surface area contributed by atoms with Crippen LogP contribution in [-0.4, -0.2) is 0 Å². The van der Waals surface area contributed by atoms with Crippen molar-refractivity contribution in [1.82, 2.24) is 0 Å². The van der Waals surface area contributed by atoms with E-state index in [-0.39, 0.29) is 0 Å². The van der Waals surface area contributed by atoms with E-state index in [0.717, 1.165) is 66.1 Å². The van der Waals surface area contributed by atoms with Crippen LogP contribution in [0, 0.1) is 0 Å². The molecule has 0 radical (unpaired) electrons. The maximum atomic E-state index is 6.65. The zero-order valence-corrected chi connectivity index (χ0v) is 18.3. The molecule has 33 heavy (non-hydrogen) atoms. The molecule has 0 fully saturated rings. The molecule has 0 unspecified atom stereocenters. The highest BCUT2D eigenvalue weighted by molar-refractivity contribution is 6.31. The van der Waals surface area contributed by atoms with E-state index in [1.54, 1.807) is 0 Å². The molecule has 0 bridgehead atoms. The Labute approximate surface area is 194 Å². The summed E-state index contributed by atoms with van der Waals surface area (Å²) >= 11 is 6.65. The molecule has 5 aromatic carbocycles. The molecule has 0 aliphatic rings. The van der Waals surface area contributed by atoms with Gasteiger partial charge in [0.1, 0.15) is 22.3 Å². The average molecular weight is 445 g/mol. The van der Waals surface area contributed by atoms with E-state index < -0.39 is 0 Å². The Morgan fingerprint density at radius 2 is 0.909 bits per heavy atom. The van der Waals surface area contributed by atoms with E-state index in [2.05, 4.69) is 54.6 Å². The maximum Gasteiger partial charge on any atom is 0.143 e. The molecule has 156 valence electrons. The molecule has 0 atom stereocenters. The fraction of sp³-hybridized carbons (Fsp3) is 0. The summed E-state index contributed by atoms with van der Waals surface area (Å²) in [6.07, 6.45) is 0. The highest BCUT2D eigenvalue weighted by Gasteiger charge is 2.16. The van der Waals surface area contributed by atoms with Gasteiger partial charge in [0.15, 0.2) is 0 Å². The Balaban J connectivity index is 1.48. The summed E-state index contributed by atoms with van der Waals surface area (Å²) in [5.74, 6) is 0. The lowest BCUT2D eigenvalue weighted by Crippen LogP contribution is -1.84. The normalized spacial score (nSPS) is 11.8. The largest absolute Gasteiger partial charge is 0.455 e. The zero-order chi connectivity index (χ0) is 21.9. The van der Waals surface area contributed by atoms with Crippen molar-refractivity contribution < 1.29 is 8.83 Å². The second kappa shape index (κ2) is 6.99. The number of halogens is 1. The molecular weight excluding hydrogens is 428 g/mol. The number of benzene rings is 5. The van der Waals surface area contributed by atoms with Crippen molar-refractivity contribution in [2.24, 2.45) is 0 Å². The van der Waals surface area contributed by atoms with Crippen LogP contribution in [-0.2, 0) is 0 Å². The van der Waals surface area contributed by atoms with E-state index in [4.69, 9.17) is 20.4 Å². The highest BCUT2D eigenvalue weighted by atomic mass is 35.5. The van der Waals surface area contributed by atoms with E-state index in [1.165, 1.54) is 0 Å². The van der Waals surface area contributed by atoms with Crippen molar-refractivity contribution in [3.05, 3.63) is 108 Å². The first-order valence-electron chi connectivity index (χ1n) is 10.9. The molecule has 3 heteroatoms. The molecule has 0 N–H and O–H groups in total. The van der Waals surface area contributed by atoms with Crippen LogP contribution in [0.15, 0.2) is 112 Å². The quantitative estimate of drug-likeness (QED) is 0.265. The number of hydrogen-bond acceptors (Lipinski definition) is 2. The Morgan fingerprint density at radius 3 is 1.42 bits per heavy atom. The van der Waals surface area contributed by atoms with Crippen LogP contribution in [0.1, 0.15) is 0 Å². The lowest BCUT2D eigenvalue weighted by Gasteiger charge is -2.09. The second-order valence-electron chi connectivity index (χ2n) is 8.29. The van der Waals surface area contributed by atoms with Gasteiger partial charge in [0, 0.05) is 37.7 Å². The van der Waals surface area contributed by atoms with Crippen LogP contribution in [0.5, 0.6) is 0 Å². The van der Waals surface area contributed by atoms with E-state index in [9.17, 15) is 0 Å². The molecule has 0 aliphatic carbocycles. The number of para-hydroxylation sites is 4. The zero-order valence-electron chi connectivity index (χ0n) is 17.5. The van der Waals surface area contributed by atoms with E-state index >= 15 is 0 Å². The van der Waals surface area contributed by atoms with Crippen LogP contribution >= 0.6 is 11.6 Å². The van der Waals surface area contributed by atoms with Gasteiger partial charge >= 0.3 is 0 Å². The first-order valence-corrected chi connectivity index (χ1v) is 11.3. The molecule has 7 rings (SSSR count). The highest BCUT2D eigenvalue weighted by Crippen LogP contribution is 2.40. The predicted octanol–water partition coefficient (Wildman–Crippen LogP) is 9.47. The summed E-state index contributed by atoms with van der Waals surface area (Å²) in [4.78, 5) is 0. The summed E-state index contributed by atoms with van der Waals surface area (Å²) in [6, 6.07) is 34.9. The first kappa shape index (κ1) is 18.6. The molecule has 0 amide bonds. The summed E-state index contributed by atoms with van der Waals surface area (Å²) in [5.41, 5.74) is 7.56. The molecule has 7 aromatic rings. The standard InChI is InChI=1S/C30H17ClO2/c31-20-16-18(21-9-5-11-25-23-7-1-3-13-27(23)32-29(21)25)15-19(17-20)22-10-6-12-26-24-8-2-4-14-28(24)33-30(22)26/h1-17H. The predicted molar refractivity (Wildman–Crippen MR) is 137 cm³/mol. The van der Waals surface area contributed by atoms with Crippen molar-refractivity contribution in [2.45, 2.75) is 0 Å². The van der Waals surface area contributed by atoms with Crippen LogP contribution < -0.4 is 0 Å². The molecule has 0 saturated carbocycles. The third-order valence-corrected chi connectivity index (χ3v) is 6.55. The van der Waals surface area contributed by atoms with Crippen molar-refractivity contribution in [3.8, 4) is 22.3 Å². The molecule has 0 aliphatic heterocycles. The minimum absolute atomic E-state index is 0.670. The van der Waals surface area contributed by atoms with E-state index in [0.29, 0.717) is 5.02 Å². The van der Waals surface area contributed by atoms with Gasteiger partial charge < -0.3 is 8.83 Å². The molecule has 2 nitrogen and oxygen atoms in total. The van der Waals surface area contributed by atoms with Crippen molar-refractivity contribution >= 4 is 55.5 Å². The number of furan rings is 2. The summed E-state index contributed by atoms with van der Waals surface area (Å²) in [5, 5.41) is 5.10. The van der Waals surface area contributed by atoms with Crippen molar-refractivity contribution in [3.63, 3.8) is 0 Å². The van der Waals surface area contributed by atoms with Crippen molar-refractivity contribution in [1.29, 1.82) is 0 Å². The van der Waals surface area contributed by atoms with E-state index in [1.807, 2.05) is 48.5 Å². The van der Waals surface area contributed by atoms with Crippen LogP contribution in [0.25, 0.3) is 66.1 Å². The minimum Gasteiger partial charge on any atom is -0.455 e. The van der Waals surface area contributed by atoms with Crippen LogP contribution in [0.4, 0.5) is 0 Å². The van der Waals surface area contributed by atoms with Gasteiger partial charge in [-0.3, -0.25) is 0 Å². The van der Waals surface area contributed by atoms with Crippen LogP contribution in [0.3, 0.4) is 0 Å². The van der Waals surface area contributed by atoms with Crippen LogP contribution in [0.2, 0.25) is 5.02 Å². The minimum atomic E-state index is 0.670. The Hall–Kier alpha value is -4.01. The summed E-state index contributed by atoms with van der Waals surface area (Å²) < 4.78 is 12.5. The average Bonchev–Trinajstić information content (AvgIpc) is 3.42. The SMILES string of the molecule is Clc1cc(-c2cccc3c2oc2ccccc23)cc(-c2cccc3c2oc2ccccc23)c1. The van der Waals surface area contributed by atoms with Gasteiger partial charge in [-0.1, -0.05) is 84.4 Å². The Kier molecular flexibility index (Phi) is 3.93. The Morgan fingerprint density at radius 1 is 0.455 bits per heavy atom. The third-order valence-electron chi connectivity index (χ3n) is 6.33. The van der Waals surface area contributed by atoms with Gasteiger partial charge in [-0.05, 0) is 41.5 Å². The van der Waals surface area contributed by atoms with Gasteiger partial charge in [-0.15, -0.1) is 0 Å². The first-order chi connectivity index (χ1) is 16.3. The van der Waals surface area contributed by atoms with Gasteiger partial charge in [0.05, 0.1) is 0 Å². The third kappa shape index (κ3) is 2.81. The molecular formula is C30H17ClO2. The molecule has 0 spiro atoms. The van der Waals surface area contributed by atoms with Gasteiger partial charge in [0.25, 0.3) is 0 Å². The van der Waals surface area contributed by atoms with Gasteiger partial charge in [0.2, 0.25) is 0 Å². The lowest BCUT2D eigenvalue weighted by atomic mass is 9.96. The molecule has 2 heterocycles. The topological polar surface area (TPSA) is 26.3 Å². The smallest absolute Gasteiger partial charge is 0.143 e. The summed E-state index contributed by atoms with van der Waals surface area (Å²) in [6.45, 7) is 0. The van der Waals surface area contributed by atoms with Gasteiger partial charge in [-0.25, -0.2) is 0 Å². The Bertz CT molecular complexity index is 1710. The molecule has 0 saturated heterocycles. The maximum absolute atomic E-state index is 6.65. The number of hydrogen-bond donors (Lipinski definition) is 0. The fourth-order valence-electron chi connectivity index (χ4n) is 4.85. The van der Waals surface area contributed by atoms with Gasteiger partial charge in [-0.2, -0.15) is 0 Å². The number of rotatable bonds is 2.